The predicted octanol–water partition coefficient (Wildman–Crippen LogP) is 0.802. The van der Waals surface area contributed by atoms with E-state index in [2.05, 4.69) is 36.1 Å². The Hall–Kier alpha value is -0.770. The van der Waals surface area contributed by atoms with Crippen molar-refractivity contribution in [2.45, 2.75) is 33.2 Å². The number of hydrogen-bond acceptors (Lipinski definition) is 2. The van der Waals surface area contributed by atoms with Gasteiger partial charge < -0.3 is 4.90 Å². The summed E-state index contributed by atoms with van der Waals surface area (Å²) in [7, 11) is 3.78. The molecule has 0 amide bonds. The van der Waals surface area contributed by atoms with Crippen LogP contribution in [-0.2, 0) is 0 Å². The van der Waals surface area contributed by atoms with Gasteiger partial charge in [0.2, 0.25) is 5.96 Å². The first-order valence-corrected chi connectivity index (χ1v) is 5.10. The quantitative estimate of drug-likeness (QED) is 0.299. The molecule has 2 unspecified atom stereocenters. The van der Waals surface area contributed by atoms with Crippen LogP contribution in [0.1, 0.15) is 27.2 Å². The van der Waals surface area contributed by atoms with Crippen molar-refractivity contribution in [1.29, 1.82) is 0 Å². The van der Waals surface area contributed by atoms with Crippen LogP contribution >= 0.6 is 0 Å². The predicted molar refractivity (Wildman–Crippen MR) is 59.8 cm³/mol. The normalized spacial score (nSPS) is 27.0. The Labute approximate surface area is 86.5 Å². The first-order chi connectivity index (χ1) is 6.44. The molecule has 4 heteroatoms. The molecule has 82 valence electrons. The van der Waals surface area contributed by atoms with Crippen molar-refractivity contribution < 1.29 is 0 Å². The van der Waals surface area contributed by atoms with Crippen molar-refractivity contribution in [2.75, 3.05) is 14.1 Å². The van der Waals surface area contributed by atoms with Gasteiger partial charge in [-0.2, -0.15) is 0 Å². The second-order valence-corrected chi connectivity index (χ2v) is 4.84. The van der Waals surface area contributed by atoms with Crippen molar-refractivity contribution in [2.24, 2.45) is 22.2 Å². The highest BCUT2D eigenvalue weighted by atomic mass is 15.4. The van der Waals surface area contributed by atoms with Gasteiger partial charge in [0.1, 0.15) is 0 Å². The monoisotopic (exact) mass is 198 g/mol. The van der Waals surface area contributed by atoms with Crippen molar-refractivity contribution in [1.82, 2.24) is 10.3 Å². The van der Waals surface area contributed by atoms with E-state index in [1.165, 1.54) is 6.42 Å². The average Bonchev–Trinajstić information content (AvgIpc) is 2.76. The summed E-state index contributed by atoms with van der Waals surface area (Å²) in [6, 6.07) is 0.486. The molecule has 1 rings (SSSR count). The van der Waals surface area contributed by atoms with Gasteiger partial charge in [-0.15, -0.1) is 0 Å². The van der Waals surface area contributed by atoms with Gasteiger partial charge in [0.15, 0.2) is 0 Å². The highest BCUT2D eigenvalue weighted by Gasteiger charge is 2.49. The number of hydrogen-bond donors (Lipinski definition) is 2. The molecule has 0 aromatic heterocycles. The zero-order valence-electron chi connectivity index (χ0n) is 9.83. The first kappa shape index (κ1) is 11.3. The molecule has 1 aliphatic carbocycles. The number of nitrogens with one attached hydrogen (secondary N) is 1. The molecule has 0 saturated heterocycles. The minimum atomic E-state index is 0.486. The fourth-order valence-electron chi connectivity index (χ4n) is 2.12. The van der Waals surface area contributed by atoms with E-state index in [-0.39, 0.29) is 0 Å². The number of nitrogens with zero attached hydrogens (tertiary/aromatic N) is 2. The van der Waals surface area contributed by atoms with E-state index >= 15 is 0 Å². The molecule has 0 aromatic carbocycles. The molecule has 1 aliphatic rings. The summed E-state index contributed by atoms with van der Waals surface area (Å²) in [5, 5.41) is 0. The van der Waals surface area contributed by atoms with Crippen molar-refractivity contribution >= 4 is 5.96 Å². The summed E-state index contributed by atoms with van der Waals surface area (Å²) in [6.45, 7) is 6.84. The minimum absolute atomic E-state index is 0.486. The second kappa shape index (κ2) is 3.77. The summed E-state index contributed by atoms with van der Waals surface area (Å²) in [4.78, 5) is 6.20. The standard InChI is InChI=1S/C10H22N4/c1-7(8-6-10(8,2)3)14(5)9(12-4)13-11/h7-8H,6,11H2,1-5H3,(H,12,13). The van der Waals surface area contributed by atoms with Gasteiger partial charge >= 0.3 is 0 Å². The van der Waals surface area contributed by atoms with Gasteiger partial charge in [-0.1, -0.05) is 13.8 Å². The fraction of sp³-hybridized carbons (Fsp3) is 0.900. The largest absolute Gasteiger partial charge is 0.342 e. The Morgan fingerprint density at radius 3 is 2.43 bits per heavy atom. The third-order valence-corrected chi connectivity index (χ3v) is 3.46. The lowest BCUT2D eigenvalue weighted by Gasteiger charge is -2.28. The topological polar surface area (TPSA) is 53.6 Å². The lowest BCUT2D eigenvalue weighted by molar-refractivity contribution is 0.311. The molecule has 0 bridgehead atoms. The van der Waals surface area contributed by atoms with Crippen LogP contribution < -0.4 is 11.3 Å². The van der Waals surface area contributed by atoms with Crippen LogP contribution in [0.5, 0.6) is 0 Å². The highest BCUT2D eigenvalue weighted by molar-refractivity contribution is 5.79. The maximum absolute atomic E-state index is 5.39. The lowest BCUT2D eigenvalue weighted by atomic mass is 10.0. The van der Waals surface area contributed by atoms with Gasteiger partial charge in [-0.3, -0.25) is 10.4 Å². The zero-order valence-corrected chi connectivity index (χ0v) is 9.83. The molecule has 0 aliphatic heterocycles. The van der Waals surface area contributed by atoms with Crippen LogP contribution in [0, 0.1) is 11.3 Å². The number of nitrogens with two attached hydrogens (primary N) is 1. The molecule has 1 fully saturated rings. The summed E-state index contributed by atoms with van der Waals surface area (Å²) in [5.41, 5.74) is 3.11. The van der Waals surface area contributed by atoms with Crippen molar-refractivity contribution in [3.63, 3.8) is 0 Å². The molecule has 1 saturated carbocycles. The van der Waals surface area contributed by atoms with Crippen molar-refractivity contribution in [3.05, 3.63) is 0 Å². The van der Waals surface area contributed by atoms with Gasteiger partial charge in [0.25, 0.3) is 0 Å². The Morgan fingerprint density at radius 2 is 2.14 bits per heavy atom. The molecule has 4 nitrogen and oxygen atoms in total. The number of rotatable bonds is 2. The number of guanidine groups is 1. The van der Waals surface area contributed by atoms with Crippen LogP contribution in [-0.4, -0.2) is 31.0 Å². The van der Waals surface area contributed by atoms with Crippen LogP contribution in [0.15, 0.2) is 4.99 Å². The van der Waals surface area contributed by atoms with E-state index in [1.54, 1.807) is 7.05 Å². The Morgan fingerprint density at radius 1 is 1.64 bits per heavy atom. The molecule has 2 atom stereocenters. The van der Waals surface area contributed by atoms with Crippen LogP contribution in [0.25, 0.3) is 0 Å². The second-order valence-electron chi connectivity index (χ2n) is 4.84. The Kier molecular flexibility index (Phi) is 3.04. The summed E-state index contributed by atoms with van der Waals surface area (Å²) in [5.74, 6) is 6.89. The van der Waals surface area contributed by atoms with Crippen LogP contribution in [0.2, 0.25) is 0 Å². The van der Waals surface area contributed by atoms with E-state index in [0.29, 0.717) is 11.5 Å². The molecular weight excluding hydrogens is 176 g/mol. The maximum Gasteiger partial charge on any atom is 0.208 e. The summed E-state index contributed by atoms with van der Waals surface area (Å²) >= 11 is 0. The molecule has 0 radical (unpaired) electrons. The molecule has 0 heterocycles. The minimum Gasteiger partial charge on any atom is -0.342 e. The molecule has 0 spiro atoms. The van der Waals surface area contributed by atoms with Gasteiger partial charge in [-0.25, -0.2) is 5.84 Å². The number of aliphatic imine (C=N–C) groups is 1. The zero-order chi connectivity index (χ0) is 10.9. The highest BCUT2D eigenvalue weighted by Crippen LogP contribution is 2.54. The molecular formula is C10H22N4. The lowest BCUT2D eigenvalue weighted by Crippen LogP contribution is -2.47. The van der Waals surface area contributed by atoms with Gasteiger partial charge in [0, 0.05) is 20.1 Å². The van der Waals surface area contributed by atoms with E-state index in [1.807, 2.05) is 7.05 Å². The molecule has 3 N–H and O–H groups in total. The maximum atomic E-state index is 5.39. The molecule has 0 aromatic rings. The van der Waals surface area contributed by atoms with E-state index in [4.69, 9.17) is 5.84 Å². The van der Waals surface area contributed by atoms with E-state index < -0.39 is 0 Å². The first-order valence-electron chi connectivity index (χ1n) is 5.10. The smallest absolute Gasteiger partial charge is 0.208 e. The Bertz CT molecular complexity index is 234. The third-order valence-electron chi connectivity index (χ3n) is 3.46. The van der Waals surface area contributed by atoms with Crippen molar-refractivity contribution in [3.8, 4) is 0 Å². The third kappa shape index (κ3) is 2.00. The summed E-state index contributed by atoms with van der Waals surface area (Å²) < 4.78 is 0. The van der Waals surface area contributed by atoms with Crippen LogP contribution in [0.3, 0.4) is 0 Å². The Balaban J connectivity index is 2.57. The number of hydrazine groups is 1. The summed E-state index contributed by atoms with van der Waals surface area (Å²) in [6.07, 6.45) is 1.29. The average molecular weight is 198 g/mol. The molecule has 14 heavy (non-hydrogen) atoms. The fourth-order valence-corrected chi connectivity index (χ4v) is 2.12. The van der Waals surface area contributed by atoms with E-state index in [0.717, 1.165) is 11.9 Å². The van der Waals surface area contributed by atoms with Crippen LogP contribution in [0.4, 0.5) is 0 Å². The van der Waals surface area contributed by atoms with Gasteiger partial charge in [0.05, 0.1) is 0 Å². The van der Waals surface area contributed by atoms with Gasteiger partial charge in [-0.05, 0) is 24.7 Å². The SMILES string of the molecule is CN=C(NN)N(C)C(C)C1CC1(C)C. The van der Waals surface area contributed by atoms with E-state index in [9.17, 15) is 0 Å².